The number of likely N-dealkylation sites (tertiary alicyclic amines) is 1. The van der Waals surface area contributed by atoms with Crippen LogP contribution in [0.2, 0.25) is 0 Å². The van der Waals surface area contributed by atoms with Crippen molar-refractivity contribution in [2.45, 2.75) is 65.3 Å². The van der Waals surface area contributed by atoms with Crippen molar-refractivity contribution in [2.75, 3.05) is 25.5 Å². The highest BCUT2D eigenvalue weighted by Crippen LogP contribution is 2.25. The summed E-state index contributed by atoms with van der Waals surface area (Å²) in [7, 11) is 1.99. The van der Waals surface area contributed by atoms with Crippen LogP contribution < -0.4 is 21.3 Å². The number of anilines is 1. The minimum atomic E-state index is -0.160. The number of carbonyl (C=O) groups excluding carboxylic acids is 1. The fourth-order valence-corrected chi connectivity index (χ4v) is 3.52. The zero-order chi connectivity index (χ0) is 19.1. The number of nitrogens with one attached hydrogen (secondary N) is 4. The number of amides is 2. The van der Waals surface area contributed by atoms with Gasteiger partial charge in [-0.1, -0.05) is 6.07 Å². The number of unbranched alkanes of at least 4 members (excludes halogenated alkanes) is 1. The molecule has 146 valence electrons. The van der Waals surface area contributed by atoms with Crippen LogP contribution in [0.4, 0.5) is 10.5 Å². The largest absolute Gasteiger partial charge is 0.323 e. The number of benzene rings is 1. The molecule has 1 saturated heterocycles. The van der Waals surface area contributed by atoms with E-state index in [1.165, 1.54) is 17.5 Å². The number of hydrogen-bond acceptors (Lipinski definition) is 4. The van der Waals surface area contributed by atoms with Gasteiger partial charge in [-0.3, -0.25) is 4.90 Å². The zero-order valence-electron chi connectivity index (χ0n) is 16.9. The van der Waals surface area contributed by atoms with E-state index in [1.54, 1.807) is 0 Å². The third kappa shape index (κ3) is 5.69. The van der Waals surface area contributed by atoms with E-state index in [-0.39, 0.29) is 12.2 Å². The second kappa shape index (κ2) is 9.90. The summed E-state index contributed by atoms with van der Waals surface area (Å²) in [6.07, 6.45) is 3.79. The van der Waals surface area contributed by atoms with E-state index in [9.17, 15) is 4.79 Å². The Morgan fingerprint density at radius 3 is 2.62 bits per heavy atom. The zero-order valence-corrected chi connectivity index (χ0v) is 16.9. The molecule has 0 aromatic heterocycles. The molecule has 1 aliphatic heterocycles. The lowest BCUT2D eigenvalue weighted by Crippen LogP contribution is -2.67. The first kappa shape index (κ1) is 20.7. The Balaban J connectivity index is 1.78. The topological polar surface area (TPSA) is 68.4 Å². The van der Waals surface area contributed by atoms with Crippen LogP contribution in [0.1, 0.15) is 44.2 Å². The highest BCUT2D eigenvalue weighted by Gasteiger charge is 2.38. The second-order valence-corrected chi connectivity index (χ2v) is 7.39. The molecule has 0 aliphatic carbocycles. The van der Waals surface area contributed by atoms with Gasteiger partial charge in [-0.25, -0.2) is 4.79 Å². The van der Waals surface area contributed by atoms with Crippen molar-refractivity contribution in [3.63, 3.8) is 0 Å². The molecule has 3 atom stereocenters. The highest BCUT2D eigenvalue weighted by atomic mass is 16.2. The summed E-state index contributed by atoms with van der Waals surface area (Å²) in [5.74, 6) is 0. The Kier molecular flexibility index (Phi) is 7.87. The van der Waals surface area contributed by atoms with E-state index in [1.807, 2.05) is 32.2 Å². The molecule has 6 nitrogen and oxygen atoms in total. The second-order valence-electron chi connectivity index (χ2n) is 7.39. The number of nitrogens with zero attached hydrogens (tertiary/aromatic N) is 1. The quantitative estimate of drug-likeness (QED) is 0.511. The Morgan fingerprint density at radius 1 is 1.23 bits per heavy atom. The van der Waals surface area contributed by atoms with Crippen LogP contribution in [0.25, 0.3) is 0 Å². The van der Waals surface area contributed by atoms with E-state index < -0.39 is 0 Å². The van der Waals surface area contributed by atoms with E-state index in [0.717, 1.165) is 31.6 Å². The normalized spacial score (nSPS) is 21.1. The summed E-state index contributed by atoms with van der Waals surface area (Å²) in [6.45, 7) is 10.4. The summed E-state index contributed by atoms with van der Waals surface area (Å²) >= 11 is 0. The van der Waals surface area contributed by atoms with Gasteiger partial charge in [0.1, 0.15) is 0 Å². The summed E-state index contributed by atoms with van der Waals surface area (Å²) in [6, 6.07) is 6.28. The van der Waals surface area contributed by atoms with Gasteiger partial charge in [0.2, 0.25) is 0 Å². The summed E-state index contributed by atoms with van der Waals surface area (Å²) in [4.78, 5) is 14.7. The van der Waals surface area contributed by atoms with Gasteiger partial charge in [0, 0.05) is 11.7 Å². The van der Waals surface area contributed by atoms with Crippen LogP contribution >= 0.6 is 0 Å². The van der Waals surface area contributed by atoms with Gasteiger partial charge in [-0.05, 0) is 90.4 Å². The molecule has 2 amide bonds. The monoisotopic (exact) mass is 361 g/mol. The average Bonchev–Trinajstić information content (AvgIpc) is 2.56. The van der Waals surface area contributed by atoms with Crippen LogP contribution in [0.5, 0.6) is 0 Å². The standard InChI is InChI=1S/C20H35N5O/c1-14-8-9-18(12-15(14)2)24-20(26)23-17(4)25-16(3)13-19(25)22-11-7-6-10-21-5/h8-9,12,16-17,19,21-22H,6-7,10-11,13H2,1-5H3,(H2,23,24,26). The van der Waals surface area contributed by atoms with Crippen LogP contribution in [0.3, 0.4) is 0 Å². The maximum atomic E-state index is 12.3. The molecule has 4 N–H and O–H groups in total. The minimum Gasteiger partial charge on any atom is -0.323 e. The molecule has 3 unspecified atom stereocenters. The molecule has 0 saturated carbocycles. The lowest BCUT2D eigenvalue weighted by Gasteiger charge is -2.50. The van der Waals surface area contributed by atoms with Crippen LogP contribution in [-0.4, -0.2) is 49.4 Å². The number of aryl methyl sites for hydroxylation is 2. The van der Waals surface area contributed by atoms with Crippen LogP contribution in [-0.2, 0) is 0 Å². The van der Waals surface area contributed by atoms with Crippen molar-refractivity contribution >= 4 is 11.7 Å². The van der Waals surface area contributed by atoms with Crippen molar-refractivity contribution in [1.29, 1.82) is 0 Å². The van der Waals surface area contributed by atoms with E-state index in [0.29, 0.717) is 12.2 Å². The van der Waals surface area contributed by atoms with Crippen molar-refractivity contribution in [3.8, 4) is 0 Å². The third-order valence-electron chi connectivity index (χ3n) is 5.22. The smallest absolute Gasteiger partial charge is 0.320 e. The molecule has 0 bridgehead atoms. The minimum absolute atomic E-state index is 0.0138. The van der Waals surface area contributed by atoms with Crippen LogP contribution in [0.15, 0.2) is 18.2 Å². The van der Waals surface area contributed by atoms with Crippen LogP contribution in [0, 0.1) is 13.8 Å². The first-order chi connectivity index (χ1) is 12.4. The van der Waals surface area contributed by atoms with Crippen molar-refractivity contribution in [2.24, 2.45) is 0 Å². The van der Waals surface area contributed by atoms with Crippen molar-refractivity contribution < 1.29 is 4.79 Å². The summed E-state index contributed by atoms with van der Waals surface area (Å²) in [5.41, 5.74) is 3.23. The molecule has 1 heterocycles. The number of rotatable bonds is 9. The maximum Gasteiger partial charge on any atom is 0.320 e. The van der Waals surface area contributed by atoms with E-state index >= 15 is 0 Å². The molecular formula is C20H35N5O. The molecule has 1 aromatic carbocycles. The molecule has 0 spiro atoms. The van der Waals surface area contributed by atoms with Gasteiger partial charge in [0.15, 0.2) is 0 Å². The lowest BCUT2D eigenvalue weighted by molar-refractivity contribution is -0.0345. The fraction of sp³-hybridized carbons (Fsp3) is 0.650. The molecule has 1 aliphatic rings. The van der Waals surface area contributed by atoms with Gasteiger partial charge < -0.3 is 21.3 Å². The van der Waals surface area contributed by atoms with Crippen molar-refractivity contribution in [3.05, 3.63) is 29.3 Å². The van der Waals surface area contributed by atoms with Gasteiger partial charge >= 0.3 is 6.03 Å². The average molecular weight is 362 g/mol. The predicted molar refractivity (Wildman–Crippen MR) is 108 cm³/mol. The fourth-order valence-electron chi connectivity index (χ4n) is 3.52. The number of urea groups is 1. The maximum absolute atomic E-state index is 12.3. The van der Waals surface area contributed by atoms with Crippen molar-refractivity contribution in [1.82, 2.24) is 20.9 Å². The molecule has 0 radical (unpaired) electrons. The Labute approximate surface area is 158 Å². The SMILES string of the molecule is CNCCCCNC1CC(C)N1C(C)NC(=O)Nc1ccc(C)c(C)c1. The van der Waals surface area contributed by atoms with Gasteiger partial charge in [0.05, 0.1) is 12.3 Å². The molecule has 26 heavy (non-hydrogen) atoms. The third-order valence-corrected chi connectivity index (χ3v) is 5.22. The Morgan fingerprint density at radius 2 is 1.96 bits per heavy atom. The van der Waals surface area contributed by atoms with Gasteiger partial charge in [0.25, 0.3) is 0 Å². The van der Waals surface area contributed by atoms with E-state index in [2.05, 4.69) is 46.9 Å². The number of carbonyl (C=O) groups is 1. The molecule has 1 fully saturated rings. The Bertz CT molecular complexity index is 592. The van der Waals surface area contributed by atoms with Gasteiger partial charge in [-0.15, -0.1) is 0 Å². The molecule has 6 heteroatoms. The number of hydrogen-bond donors (Lipinski definition) is 4. The first-order valence-corrected chi connectivity index (χ1v) is 9.72. The predicted octanol–water partition coefficient (Wildman–Crippen LogP) is 2.78. The lowest BCUT2D eigenvalue weighted by atomic mass is 9.99. The Hall–Kier alpha value is -1.63. The molecular weight excluding hydrogens is 326 g/mol. The summed E-state index contributed by atoms with van der Waals surface area (Å²) < 4.78 is 0. The molecule has 1 aromatic rings. The molecule has 2 rings (SSSR count). The highest BCUT2D eigenvalue weighted by molar-refractivity contribution is 5.89. The van der Waals surface area contributed by atoms with E-state index in [4.69, 9.17) is 0 Å². The summed E-state index contributed by atoms with van der Waals surface area (Å²) in [5, 5.41) is 12.8. The van der Waals surface area contributed by atoms with Gasteiger partial charge in [-0.2, -0.15) is 0 Å². The first-order valence-electron chi connectivity index (χ1n) is 9.72.